The summed E-state index contributed by atoms with van der Waals surface area (Å²) in [4.78, 5) is 15.9. The molecule has 0 spiro atoms. The number of nitrogens with zero attached hydrogens (tertiary/aromatic N) is 1. The van der Waals surface area contributed by atoms with E-state index in [0.717, 1.165) is 0 Å². The molecule has 0 aliphatic carbocycles. The SMILES string of the molecule is C=CCNC(=O)c1ccc(NCc2cccc(OC)c2O)nc1. The number of benzene rings is 1. The molecule has 6 heteroatoms. The number of pyridine rings is 1. The number of methoxy groups -OCH3 is 1. The average Bonchev–Trinajstić information content (AvgIpc) is 2.59. The van der Waals surface area contributed by atoms with Gasteiger partial charge in [0.1, 0.15) is 5.82 Å². The highest BCUT2D eigenvalue weighted by atomic mass is 16.5. The summed E-state index contributed by atoms with van der Waals surface area (Å²) in [5, 5.41) is 15.8. The van der Waals surface area contributed by atoms with Gasteiger partial charge in [-0.15, -0.1) is 6.58 Å². The first kappa shape index (κ1) is 16.4. The van der Waals surface area contributed by atoms with E-state index in [2.05, 4.69) is 22.2 Å². The molecule has 2 aromatic rings. The van der Waals surface area contributed by atoms with Gasteiger partial charge < -0.3 is 20.5 Å². The van der Waals surface area contributed by atoms with E-state index in [-0.39, 0.29) is 11.7 Å². The molecule has 1 heterocycles. The van der Waals surface area contributed by atoms with Crippen LogP contribution >= 0.6 is 0 Å². The summed E-state index contributed by atoms with van der Waals surface area (Å²) < 4.78 is 5.07. The Kier molecular flexibility index (Phi) is 5.57. The number of carbonyl (C=O) groups excluding carboxylic acids is 1. The summed E-state index contributed by atoms with van der Waals surface area (Å²) in [6, 6.07) is 8.67. The number of phenols is 1. The number of nitrogens with one attached hydrogen (secondary N) is 2. The van der Waals surface area contributed by atoms with Gasteiger partial charge in [-0.05, 0) is 18.2 Å². The first-order valence-electron chi connectivity index (χ1n) is 7.09. The molecule has 23 heavy (non-hydrogen) atoms. The number of hydrogen-bond acceptors (Lipinski definition) is 5. The summed E-state index contributed by atoms with van der Waals surface area (Å²) in [5.41, 5.74) is 1.17. The lowest BCUT2D eigenvalue weighted by Gasteiger charge is -2.10. The van der Waals surface area contributed by atoms with Crippen LogP contribution in [0.2, 0.25) is 0 Å². The number of aromatic hydroxyl groups is 1. The molecule has 0 aliphatic heterocycles. The highest BCUT2D eigenvalue weighted by molar-refractivity contribution is 5.94. The van der Waals surface area contributed by atoms with E-state index in [1.165, 1.54) is 13.3 Å². The van der Waals surface area contributed by atoms with Crippen LogP contribution in [0.4, 0.5) is 5.82 Å². The standard InChI is InChI=1S/C17H19N3O3/c1-3-9-18-17(22)13-7-8-15(20-11-13)19-10-12-5-4-6-14(23-2)16(12)21/h3-8,11,21H,1,9-10H2,2H3,(H,18,22)(H,19,20). The smallest absolute Gasteiger partial charge is 0.253 e. The van der Waals surface area contributed by atoms with Crippen molar-refractivity contribution in [1.29, 1.82) is 0 Å². The zero-order valence-corrected chi connectivity index (χ0v) is 12.9. The number of amides is 1. The zero-order chi connectivity index (χ0) is 16.7. The summed E-state index contributed by atoms with van der Waals surface area (Å²) in [5.74, 6) is 0.927. The van der Waals surface area contributed by atoms with Crippen molar-refractivity contribution in [3.8, 4) is 11.5 Å². The fraction of sp³-hybridized carbons (Fsp3) is 0.176. The summed E-state index contributed by atoms with van der Waals surface area (Å²) in [6.07, 6.45) is 3.11. The van der Waals surface area contributed by atoms with Crippen molar-refractivity contribution < 1.29 is 14.6 Å². The number of para-hydroxylation sites is 1. The van der Waals surface area contributed by atoms with Crippen molar-refractivity contribution in [3.63, 3.8) is 0 Å². The Labute approximate surface area is 134 Å². The minimum Gasteiger partial charge on any atom is -0.504 e. The van der Waals surface area contributed by atoms with Crippen LogP contribution in [0.3, 0.4) is 0 Å². The molecule has 0 saturated heterocycles. The molecule has 0 atom stereocenters. The van der Waals surface area contributed by atoms with Gasteiger partial charge in [-0.3, -0.25) is 4.79 Å². The quantitative estimate of drug-likeness (QED) is 0.683. The molecule has 1 aromatic heterocycles. The first-order valence-corrected chi connectivity index (χ1v) is 7.09. The van der Waals surface area contributed by atoms with Gasteiger partial charge in [0, 0.05) is 24.8 Å². The highest BCUT2D eigenvalue weighted by Gasteiger charge is 2.08. The topological polar surface area (TPSA) is 83.5 Å². The van der Waals surface area contributed by atoms with Gasteiger partial charge in [0.2, 0.25) is 0 Å². The van der Waals surface area contributed by atoms with Gasteiger partial charge in [-0.25, -0.2) is 4.98 Å². The Hall–Kier alpha value is -3.02. The van der Waals surface area contributed by atoms with Crippen molar-refractivity contribution in [2.75, 3.05) is 19.0 Å². The molecule has 1 aromatic carbocycles. The van der Waals surface area contributed by atoms with Crippen LogP contribution in [0, 0.1) is 0 Å². The number of carbonyl (C=O) groups is 1. The van der Waals surface area contributed by atoms with E-state index in [1.54, 1.807) is 36.4 Å². The van der Waals surface area contributed by atoms with Crippen LogP contribution in [0.5, 0.6) is 11.5 Å². The molecule has 6 nitrogen and oxygen atoms in total. The van der Waals surface area contributed by atoms with Gasteiger partial charge in [0.15, 0.2) is 11.5 Å². The predicted octanol–water partition coefficient (Wildman–Crippen LogP) is 2.32. The van der Waals surface area contributed by atoms with Crippen molar-refractivity contribution >= 4 is 11.7 Å². The lowest BCUT2D eigenvalue weighted by Crippen LogP contribution is -2.23. The molecular weight excluding hydrogens is 294 g/mol. The molecule has 1 amide bonds. The maximum absolute atomic E-state index is 11.7. The highest BCUT2D eigenvalue weighted by Crippen LogP contribution is 2.29. The first-order chi connectivity index (χ1) is 11.2. The molecule has 0 aliphatic rings. The van der Waals surface area contributed by atoms with Crippen molar-refractivity contribution in [2.24, 2.45) is 0 Å². The number of rotatable bonds is 7. The van der Waals surface area contributed by atoms with Gasteiger partial charge in [0.05, 0.1) is 12.7 Å². The van der Waals surface area contributed by atoms with Crippen LogP contribution in [-0.4, -0.2) is 29.7 Å². The van der Waals surface area contributed by atoms with E-state index >= 15 is 0 Å². The number of phenolic OH excluding ortho intramolecular Hbond substituents is 1. The van der Waals surface area contributed by atoms with E-state index in [0.29, 0.717) is 35.8 Å². The zero-order valence-electron chi connectivity index (χ0n) is 12.9. The molecule has 3 N–H and O–H groups in total. The third-order valence-corrected chi connectivity index (χ3v) is 3.20. The van der Waals surface area contributed by atoms with Crippen molar-refractivity contribution in [3.05, 3.63) is 60.3 Å². The normalized spacial score (nSPS) is 9.96. The van der Waals surface area contributed by atoms with Crippen LogP contribution < -0.4 is 15.4 Å². The number of aromatic nitrogens is 1. The van der Waals surface area contributed by atoms with Crippen LogP contribution in [0.15, 0.2) is 49.2 Å². The van der Waals surface area contributed by atoms with E-state index in [4.69, 9.17) is 4.74 Å². The molecule has 2 rings (SSSR count). The van der Waals surface area contributed by atoms with Gasteiger partial charge >= 0.3 is 0 Å². The molecule has 0 saturated carbocycles. The van der Waals surface area contributed by atoms with Crippen molar-refractivity contribution in [2.45, 2.75) is 6.54 Å². The van der Waals surface area contributed by atoms with E-state index in [9.17, 15) is 9.90 Å². The maximum Gasteiger partial charge on any atom is 0.253 e. The van der Waals surface area contributed by atoms with Gasteiger partial charge in [-0.2, -0.15) is 0 Å². The fourth-order valence-electron chi connectivity index (χ4n) is 1.96. The Morgan fingerprint density at radius 3 is 2.87 bits per heavy atom. The van der Waals surface area contributed by atoms with Crippen LogP contribution in [-0.2, 0) is 6.54 Å². The van der Waals surface area contributed by atoms with Crippen molar-refractivity contribution in [1.82, 2.24) is 10.3 Å². The van der Waals surface area contributed by atoms with E-state index in [1.807, 2.05) is 0 Å². The largest absolute Gasteiger partial charge is 0.504 e. The maximum atomic E-state index is 11.7. The Balaban J connectivity index is 1.99. The second kappa shape index (κ2) is 7.84. The molecular formula is C17H19N3O3. The Bertz CT molecular complexity index is 684. The summed E-state index contributed by atoms with van der Waals surface area (Å²) in [6.45, 7) is 4.34. The Morgan fingerprint density at radius 1 is 1.39 bits per heavy atom. The lowest BCUT2D eigenvalue weighted by molar-refractivity contribution is 0.0957. The lowest BCUT2D eigenvalue weighted by atomic mass is 10.2. The van der Waals surface area contributed by atoms with E-state index < -0.39 is 0 Å². The molecule has 120 valence electrons. The number of anilines is 1. The van der Waals surface area contributed by atoms with Crippen LogP contribution in [0.1, 0.15) is 15.9 Å². The molecule has 0 bridgehead atoms. The average molecular weight is 313 g/mol. The fourth-order valence-corrected chi connectivity index (χ4v) is 1.96. The predicted molar refractivity (Wildman–Crippen MR) is 88.8 cm³/mol. The Morgan fingerprint density at radius 2 is 2.22 bits per heavy atom. The number of ether oxygens (including phenoxy) is 1. The molecule has 0 fully saturated rings. The summed E-state index contributed by atoms with van der Waals surface area (Å²) >= 11 is 0. The third kappa shape index (κ3) is 4.23. The summed E-state index contributed by atoms with van der Waals surface area (Å²) in [7, 11) is 1.50. The third-order valence-electron chi connectivity index (χ3n) is 3.20. The minimum atomic E-state index is -0.200. The minimum absolute atomic E-state index is 0.0999. The monoisotopic (exact) mass is 313 g/mol. The molecule has 0 radical (unpaired) electrons. The second-order valence-corrected chi connectivity index (χ2v) is 4.75. The molecule has 0 unspecified atom stereocenters. The van der Waals surface area contributed by atoms with Gasteiger partial charge in [0.25, 0.3) is 5.91 Å². The van der Waals surface area contributed by atoms with Gasteiger partial charge in [-0.1, -0.05) is 18.2 Å². The second-order valence-electron chi connectivity index (χ2n) is 4.75. The number of hydrogen-bond donors (Lipinski definition) is 3. The van der Waals surface area contributed by atoms with Crippen LogP contribution in [0.25, 0.3) is 0 Å².